The zero-order chi connectivity index (χ0) is 30.0. The van der Waals surface area contributed by atoms with Crippen LogP contribution in [-0.2, 0) is 14.4 Å². The molecular formula is C34H40N2O5. The number of para-hydroxylation sites is 1. The number of carbonyl (C=O) groups excluding carboxylic acids is 2. The molecule has 0 heterocycles. The molecule has 7 heteroatoms. The largest absolute Gasteiger partial charge is 0.481 e. The van der Waals surface area contributed by atoms with Gasteiger partial charge in [-0.1, -0.05) is 87.5 Å². The lowest BCUT2D eigenvalue weighted by atomic mass is 9.85. The van der Waals surface area contributed by atoms with Crippen LogP contribution in [0.3, 0.4) is 0 Å². The fourth-order valence-corrected chi connectivity index (χ4v) is 4.43. The third-order valence-corrected chi connectivity index (χ3v) is 6.77. The predicted molar refractivity (Wildman–Crippen MR) is 161 cm³/mol. The molecule has 0 saturated heterocycles. The summed E-state index contributed by atoms with van der Waals surface area (Å²) in [6.07, 6.45) is 3.51. The predicted octanol–water partition coefficient (Wildman–Crippen LogP) is 6.69. The van der Waals surface area contributed by atoms with Gasteiger partial charge in [-0.15, -0.1) is 0 Å². The maximum absolute atomic E-state index is 13.3. The number of carboxylic acids is 1. The molecule has 3 rings (SSSR count). The van der Waals surface area contributed by atoms with Gasteiger partial charge in [-0.05, 0) is 66.6 Å². The molecule has 0 spiro atoms. The van der Waals surface area contributed by atoms with Crippen LogP contribution in [0.2, 0.25) is 0 Å². The lowest BCUT2D eigenvalue weighted by molar-refractivity contribution is -0.141. The van der Waals surface area contributed by atoms with E-state index in [1.807, 2.05) is 120 Å². The molecule has 0 radical (unpaired) electrons. The number of carboxylic acid groups (broad SMARTS) is 1. The van der Waals surface area contributed by atoms with Crippen molar-refractivity contribution < 1.29 is 24.2 Å². The van der Waals surface area contributed by atoms with E-state index in [2.05, 4.69) is 10.6 Å². The van der Waals surface area contributed by atoms with Crippen LogP contribution >= 0.6 is 0 Å². The Balaban J connectivity index is 1.68. The van der Waals surface area contributed by atoms with E-state index in [4.69, 9.17) is 4.74 Å². The molecule has 7 nitrogen and oxygen atoms in total. The average molecular weight is 557 g/mol. The topological polar surface area (TPSA) is 105 Å². The number of hydrogen-bond donors (Lipinski definition) is 3. The van der Waals surface area contributed by atoms with Gasteiger partial charge in [-0.2, -0.15) is 0 Å². The van der Waals surface area contributed by atoms with Gasteiger partial charge < -0.3 is 20.5 Å². The minimum atomic E-state index is -1.08. The first-order valence-electron chi connectivity index (χ1n) is 13.8. The maximum atomic E-state index is 13.3. The van der Waals surface area contributed by atoms with Gasteiger partial charge in [-0.25, -0.2) is 0 Å². The number of rotatable bonds is 12. The quantitative estimate of drug-likeness (QED) is 0.231. The molecule has 3 aromatic rings. The van der Waals surface area contributed by atoms with E-state index in [-0.39, 0.29) is 24.8 Å². The molecule has 0 aliphatic carbocycles. The van der Waals surface area contributed by atoms with Crippen LogP contribution < -0.4 is 15.4 Å². The van der Waals surface area contributed by atoms with Crippen LogP contribution in [0, 0.1) is 18.3 Å². The summed E-state index contributed by atoms with van der Waals surface area (Å²) >= 11 is 0. The minimum absolute atomic E-state index is 0.207. The van der Waals surface area contributed by atoms with Crippen molar-refractivity contribution in [3.8, 4) is 11.5 Å². The number of aryl methyl sites for hydroxylation is 1. The van der Waals surface area contributed by atoms with Gasteiger partial charge in [0.2, 0.25) is 11.8 Å². The summed E-state index contributed by atoms with van der Waals surface area (Å²) in [5, 5.41) is 15.3. The van der Waals surface area contributed by atoms with Crippen molar-refractivity contribution >= 4 is 23.9 Å². The Morgan fingerprint density at radius 3 is 2.12 bits per heavy atom. The van der Waals surface area contributed by atoms with Gasteiger partial charge in [0.15, 0.2) is 0 Å². The van der Waals surface area contributed by atoms with E-state index < -0.39 is 29.3 Å². The van der Waals surface area contributed by atoms with Crippen molar-refractivity contribution in [1.29, 1.82) is 0 Å². The van der Waals surface area contributed by atoms with Crippen LogP contribution in [0.4, 0.5) is 0 Å². The zero-order valence-corrected chi connectivity index (χ0v) is 24.4. The zero-order valence-electron chi connectivity index (χ0n) is 24.4. The first kappa shape index (κ1) is 31.1. The fourth-order valence-electron chi connectivity index (χ4n) is 4.43. The normalized spacial score (nSPS) is 13.7. The summed E-state index contributed by atoms with van der Waals surface area (Å²) < 4.78 is 5.94. The van der Waals surface area contributed by atoms with Crippen LogP contribution in [0.5, 0.6) is 11.5 Å². The highest BCUT2D eigenvalue weighted by molar-refractivity contribution is 5.90. The number of amides is 2. The van der Waals surface area contributed by atoms with E-state index in [0.717, 1.165) is 28.2 Å². The molecule has 3 aromatic carbocycles. The number of nitrogens with one attached hydrogen (secondary N) is 2. The highest BCUT2D eigenvalue weighted by Gasteiger charge is 2.35. The van der Waals surface area contributed by atoms with E-state index in [1.54, 1.807) is 6.08 Å². The highest BCUT2D eigenvalue weighted by Crippen LogP contribution is 2.27. The summed E-state index contributed by atoms with van der Waals surface area (Å²) in [7, 11) is 0. The Morgan fingerprint density at radius 2 is 1.54 bits per heavy atom. The van der Waals surface area contributed by atoms with Crippen molar-refractivity contribution in [3.63, 3.8) is 0 Å². The molecule has 2 amide bonds. The van der Waals surface area contributed by atoms with Crippen LogP contribution in [0.25, 0.3) is 6.08 Å². The Morgan fingerprint density at radius 1 is 0.902 bits per heavy atom. The molecule has 216 valence electrons. The first-order chi connectivity index (χ1) is 19.4. The number of carbonyl (C=O) groups is 3. The van der Waals surface area contributed by atoms with Gasteiger partial charge >= 0.3 is 5.97 Å². The molecule has 3 N–H and O–H groups in total. The summed E-state index contributed by atoms with van der Waals surface area (Å²) in [5.74, 6) is -1.22. The molecular weight excluding hydrogens is 516 g/mol. The van der Waals surface area contributed by atoms with Gasteiger partial charge in [0, 0.05) is 0 Å². The summed E-state index contributed by atoms with van der Waals surface area (Å²) in [5.41, 5.74) is 2.20. The summed E-state index contributed by atoms with van der Waals surface area (Å²) in [6.45, 7) is 9.43. The van der Waals surface area contributed by atoms with Gasteiger partial charge in [-0.3, -0.25) is 14.4 Å². The average Bonchev–Trinajstić information content (AvgIpc) is 2.92. The minimum Gasteiger partial charge on any atom is -0.481 e. The Hall–Kier alpha value is -4.39. The van der Waals surface area contributed by atoms with Crippen LogP contribution in [0.1, 0.15) is 63.3 Å². The molecule has 0 saturated carbocycles. The van der Waals surface area contributed by atoms with E-state index in [0.29, 0.717) is 0 Å². The van der Waals surface area contributed by atoms with E-state index >= 15 is 0 Å². The summed E-state index contributed by atoms with van der Waals surface area (Å²) in [6, 6.07) is 23.7. The van der Waals surface area contributed by atoms with Crippen LogP contribution in [0.15, 0.2) is 84.9 Å². The van der Waals surface area contributed by atoms with Gasteiger partial charge in [0.1, 0.15) is 17.5 Å². The molecule has 3 atom stereocenters. The SMILES string of the molecule is Cc1cc(C=CC[C@H](CC(=O)O)C(=O)N[C@H](C(=O)N[C@H](C)c2ccccc2)C(C)(C)C)ccc1Oc1ccccc1. The van der Waals surface area contributed by atoms with E-state index in [9.17, 15) is 19.5 Å². The second kappa shape index (κ2) is 14.3. The van der Waals surface area contributed by atoms with Crippen molar-refractivity contribution in [1.82, 2.24) is 10.6 Å². The van der Waals surface area contributed by atoms with Gasteiger partial charge in [0.05, 0.1) is 18.4 Å². The molecule has 0 aliphatic rings. The Labute approximate surface area is 242 Å². The number of ether oxygens (including phenoxy) is 1. The maximum Gasteiger partial charge on any atom is 0.304 e. The monoisotopic (exact) mass is 556 g/mol. The summed E-state index contributed by atoms with van der Waals surface area (Å²) in [4.78, 5) is 38.2. The van der Waals surface area contributed by atoms with Crippen molar-refractivity contribution in [2.75, 3.05) is 0 Å². The smallest absolute Gasteiger partial charge is 0.304 e. The Bertz CT molecular complexity index is 1350. The number of allylic oxidation sites excluding steroid dienone is 1. The first-order valence-corrected chi connectivity index (χ1v) is 13.8. The van der Waals surface area contributed by atoms with Crippen molar-refractivity contribution in [3.05, 3.63) is 102 Å². The number of aliphatic carboxylic acids is 1. The van der Waals surface area contributed by atoms with Crippen LogP contribution in [-0.4, -0.2) is 28.9 Å². The molecule has 0 aromatic heterocycles. The van der Waals surface area contributed by atoms with Crippen molar-refractivity contribution in [2.45, 2.75) is 59.5 Å². The third-order valence-electron chi connectivity index (χ3n) is 6.77. The standard InChI is InChI=1S/C34H40N2O5/c1-23-21-25(19-20-29(23)41-28-17-10-7-11-18-28)13-12-16-27(22-30(37)38)32(39)36-31(34(3,4)5)33(40)35-24(2)26-14-8-6-9-15-26/h6-15,17-21,24,27,31H,16,22H2,1-5H3,(H,35,40)(H,36,39)(H,37,38)/t24-,27-,31-/m1/s1. The second-order valence-corrected chi connectivity index (χ2v) is 11.3. The lowest BCUT2D eigenvalue weighted by Crippen LogP contribution is -2.55. The lowest BCUT2D eigenvalue weighted by Gasteiger charge is -2.32. The molecule has 0 bridgehead atoms. The van der Waals surface area contributed by atoms with Crippen molar-refractivity contribution in [2.24, 2.45) is 11.3 Å². The van der Waals surface area contributed by atoms with E-state index in [1.165, 1.54) is 0 Å². The number of hydrogen-bond acceptors (Lipinski definition) is 4. The number of benzene rings is 3. The fraction of sp³-hybridized carbons (Fsp3) is 0.324. The highest BCUT2D eigenvalue weighted by atomic mass is 16.5. The Kier molecular flexibility index (Phi) is 10.9. The third kappa shape index (κ3) is 9.64. The molecule has 0 unspecified atom stereocenters. The molecule has 0 fully saturated rings. The second-order valence-electron chi connectivity index (χ2n) is 11.3. The molecule has 41 heavy (non-hydrogen) atoms. The molecule has 0 aliphatic heterocycles. The van der Waals surface area contributed by atoms with Gasteiger partial charge in [0.25, 0.3) is 0 Å².